The third-order valence-corrected chi connectivity index (χ3v) is 3.65. The number of nitrogens with one attached hydrogen (secondary N) is 1. The number of halogens is 1. The van der Waals surface area contributed by atoms with Gasteiger partial charge < -0.3 is 10.1 Å². The normalized spacial score (nSPS) is 16.9. The van der Waals surface area contributed by atoms with Gasteiger partial charge >= 0.3 is 0 Å². The van der Waals surface area contributed by atoms with Gasteiger partial charge in [0.25, 0.3) is 0 Å². The SMILES string of the molecule is COCCC1(CNc2cc(Br)nc(C)n2)CC1. The zero-order valence-electron chi connectivity index (χ0n) is 10.3. The fourth-order valence-electron chi connectivity index (χ4n) is 1.91. The molecule has 0 aliphatic heterocycles. The first-order valence-electron chi connectivity index (χ1n) is 5.88. The number of rotatable bonds is 6. The minimum atomic E-state index is 0.432. The molecule has 1 aliphatic carbocycles. The van der Waals surface area contributed by atoms with E-state index in [2.05, 4.69) is 31.2 Å². The predicted octanol–water partition coefficient (Wildman–Crippen LogP) is 2.78. The lowest BCUT2D eigenvalue weighted by Crippen LogP contribution is -2.18. The van der Waals surface area contributed by atoms with Gasteiger partial charge in [0.1, 0.15) is 16.2 Å². The number of hydrogen-bond donors (Lipinski definition) is 1. The Balaban J connectivity index is 1.89. The van der Waals surface area contributed by atoms with Crippen LogP contribution in [0.25, 0.3) is 0 Å². The van der Waals surface area contributed by atoms with E-state index in [0.717, 1.165) is 35.8 Å². The van der Waals surface area contributed by atoms with Crippen molar-refractivity contribution in [2.24, 2.45) is 5.41 Å². The van der Waals surface area contributed by atoms with E-state index in [1.54, 1.807) is 7.11 Å². The standard InChI is InChI=1S/C12H18BrN3O/c1-9-15-10(13)7-11(16-9)14-8-12(3-4-12)5-6-17-2/h7H,3-6,8H2,1-2H3,(H,14,15,16). The first kappa shape index (κ1) is 12.8. The van der Waals surface area contributed by atoms with Crippen LogP contribution in [0, 0.1) is 12.3 Å². The molecule has 0 amide bonds. The lowest BCUT2D eigenvalue weighted by molar-refractivity contribution is 0.175. The smallest absolute Gasteiger partial charge is 0.130 e. The van der Waals surface area contributed by atoms with Crippen molar-refractivity contribution in [3.05, 3.63) is 16.5 Å². The molecule has 2 rings (SSSR count). The molecular formula is C12H18BrN3O. The Hall–Kier alpha value is -0.680. The molecule has 0 radical (unpaired) electrons. The number of methoxy groups -OCH3 is 1. The van der Waals surface area contributed by atoms with Crippen LogP contribution < -0.4 is 5.32 Å². The minimum Gasteiger partial charge on any atom is -0.385 e. The van der Waals surface area contributed by atoms with Gasteiger partial charge in [-0.2, -0.15) is 0 Å². The van der Waals surface area contributed by atoms with E-state index < -0.39 is 0 Å². The molecule has 1 saturated carbocycles. The van der Waals surface area contributed by atoms with Crippen molar-refractivity contribution >= 4 is 21.7 Å². The lowest BCUT2D eigenvalue weighted by atomic mass is 10.0. The van der Waals surface area contributed by atoms with E-state index >= 15 is 0 Å². The Labute approximate surface area is 110 Å². The monoisotopic (exact) mass is 299 g/mol. The Morgan fingerprint density at radius 2 is 2.24 bits per heavy atom. The van der Waals surface area contributed by atoms with E-state index in [0.29, 0.717) is 5.41 Å². The number of aromatic nitrogens is 2. The summed E-state index contributed by atoms with van der Waals surface area (Å²) in [5.74, 6) is 1.68. The molecule has 1 aromatic rings. The molecule has 0 saturated heterocycles. The summed E-state index contributed by atoms with van der Waals surface area (Å²) in [5, 5.41) is 3.40. The molecular weight excluding hydrogens is 282 g/mol. The van der Waals surface area contributed by atoms with Crippen molar-refractivity contribution in [2.75, 3.05) is 25.6 Å². The van der Waals surface area contributed by atoms with Gasteiger partial charge in [0, 0.05) is 26.3 Å². The summed E-state index contributed by atoms with van der Waals surface area (Å²) in [6, 6.07) is 1.92. The van der Waals surface area contributed by atoms with Crippen molar-refractivity contribution < 1.29 is 4.74 Å². The van der Waals surface area contributed by atoms with Crippen LogP contribution in [0.15, 0.2) is 10.7 Å². The maximum atomic E-state index is 5.15. The van der Waals surface area contributed by atoms with E-state index in [1.165, 1.54) is 12.8 Å². The second kappa shape index (κ2) is 5.31. The number of ether oxygens (including phenoxy) is 1. The summed E-state index contributed by atoms with van der Waals surface area (Å²) in [7, 11) is 1.76. The van der Waals surface area contributed by atoms with Gasteiger partial charge in [0.2, 0.25) is 0 Å². The maximum Gasteiger partial charge on any atom is 0.130 e. The van der Waals surface area contributed by atoms with Crippen LogP contribution in [-0.4, -0.2) is 30.2 Å². The average molecular weight is 300 g/mol. The number of aryl methyl sites for hydroxylation is 1. The summed E-state index contributed by atoms with van der Waals surface area (Å²) in [5.41, 5.74) is 0.432. The van der Waals surface area contributed by atoms with E-state index in [1.807, 2.05) is 13.0 Å². The Kier molecular flexibility index (Phi) is 3.99. The lowest BCUT2D eigenvalue weighted by Gasteiger charge is -2.16. The molecule has 0 bridgehead atoms. The van der Waals surface area contributed by atoms with Crippen LogP contribution in [0.4, 0.5) is 5.82 Å². The molecule has 0 atom stereocenters. The van der Waals surface area contributed by atoms with Crippen molar-refractivity contribution in [3.8, 4) is 0 Å². The predicted molar refractivity (Wildman–Crippen MR) is 71.1 cm³/mol. The average Bonchev–Trinajstić information content (AvgIpc) is 3.03. The van der Waals surface area contributed by atoms with E-state index in [4.69, 9.17) is 4.74 Å². The van der Waals surface area contributed by atoms with Gasteiger partial charge in [-0.1, -0.05) is 0 Å². The molecule has 4 nitrogen and oxygen atoms in total. The first-order valence-corrected chi connectivity index (χ1v) is 6.67. The van der Waals surface area contributed by atoms with Crippen LogP contribution in [-0.2, 0) is 4.74 Å². The van der Waals surface area contributed by atoms with Gasteiger partial charge in [-0.25, -0.2) is 9.97 Å². The first-order chi connectivity index (χ1) is 8.13. The summed E-state index contributed by atoms with van der Waals surface area (Å²) in [6.07, 6.45) is 3.70. The molecule has 1 aliphatic rings. The van der Waals surface area contributed by atoms with Crippen LogP contribution in [0.5, 0.6) is 0 Å². The molecule has 1 N–H and O–H groups in total. The largest absolute Gasteiger partial charge is 0.385 e. The van der Waals surface area contributed by atoms with Crippen LogP contribution in [0.3, 0.4) is 0 Å². The summed E-state index contributed by atoms with van der Waals surface area (Å²) in [4.78, 5) is 8.55. The van der Waals surface area contributed by atoms with Crippen molar-refractivity contribution in [1.82, 2.24) is 9.97 Å². The van der Waals surface area contributed by atoms with Crippen molar-refractivity contribution in [1.29, 1.82) is 0 Å². The molecule has 1 aromatic heterocycles. The van der Waals surface area contributed by atoms with Crippen LogP contribution in [0.2, 0.25) is 0 Å². The highest BCUT2D eigenvalue weighted by atomic mass is 79.9. The molecule has 1 heterocycles. The Morgan fingerprint density at radius 1 is 1.47 bits per heavy atom. The zero-order chi connectivity index (χ0) is 12.3. The molecule has 0 aromatic carbocycles. The van der Waals surface area contributed by atoms with Gasteiger partial charge in [-0.05, 0) is 47.5 Å². The summed E-state index contributed by atoms with van der Waals surface area (Å²) < 4.78 is 5.98. The highest BCUT2D eigenvalue weighted by Crippen LogP contribution is 2.48. The topological polar surface area (TPSA) is 47.0 Å². The number of anilines is 1. The highest BCUT2D eigenvalue weighted by molar-refractivity contribution is 9.10. The van der Waals surface area contributed by atoms with Crippen molar-refractivity contribution in [2.45, 2.75) is 26.2 Å². The van der Waals surface area contributed by atoms with Gasteiger partial charge in [-0.3, -0.25) is 0 Å². The fraction of sp³-hybridized carbons (Fsp3) is 0.667. The van der Waals surface area contributed by atoms with E-state index in [9.17, 15) is 0 Å². The summed E-state index contributed by atoms with van der Waals surface area (Å²) >= 11 is 3.38. The second-order valence-electron chi connectivity index (χ2n) is 4.72. The Morgan fingerprint density at radius 3 is 2.82 bits per heavy atom. The summed E-state index contributed by atoms with van der Waals surface area (Å²) in [6.45, 7) is 3.71. The molecule has 5 heteroatoms. The quantitative estimate of drug-likeness (QED) is 0.821. The molecule has 1 fully saturated rings. The van der Waals surface area contributed by atoms with E-state index in [-0.39, 0.29) is 0 Å². The fourth-order valence-corrected chi connectivity index (χ4v) is 2.38. The van der Waals surface area contributed by atoms with Gasteiger partial charge in [0.05, 0.1) is 0 Å². The molecule has 0 unspecified atom stereocenters. The molecule has 17 heavy (non-hydrogen) atoms. The third kappa shape index (κ3) is 3.64. The number of hydrogen-bond acceptors (Lipinski definition) is 4. The third-order valence-electron chi connectivity index (χ3n) is 3.24. The van der Waals surface area contributed by atoms with Crippen LogP contribution in [0.1, 0.15) is 25.1 Å². The minimum absolute atomic E-state index is 0.432. The van der Waals surface area contributed by atoms with Gasteiger partial charge in [-0.15, -0.1) is 0 Å². The van der Waals surface area contributed by atoms with Crippen LogP contribution >= 0.6 is 15.9 Å². The second-order valence-corrected chi connectivity index (χ2v) is 5.53. The molecule has 94 valence electrons. The number of nitrogens with zero attached hydrogens (tertiary/aromatic N) is 2. The van der Waals surface area contributed by atoms with Crippen molar-refractivity contribution in [3.63, 3.8) is 0 Å². The molecule has 0 spiro atoms. The zero-order valence-corrected chi connectivity index (χ0v) is 11.9. The van der Waals surface area contributed by atoms with Gasteiger partial charge in [0.15, 0.2) is 0 Å². The maximum absolute atomic E-state index is 5.15. The Bertz CT molecular complexity index is 373. The highest BCUT2D eigenvalue weighted by Gasteiger charge is 2.41.